The number of anilines is 1. The summed E-state index contributed by atoms with van der Waals surface area (Å²) in [6.45, 7) is 2.51. The molecule has 6 nitrogen and oxygen atoms in total. The minimum atomic E-state index is 0.0568. The van der Waals surface area contributed by atoms with E-state index in [0.717, 1.165) is 11.4 Å². The van der Waals surface area contributed by atoms with Crippen LogP contribution in [-0.4, -0.2) is 61.2 Å². The standard InChI is InChI=1S/C18H21ClN4O2S/c1-22(2)16-11-15(19)20-18(21-16)26-12-13-3-5-14(6-4-13)17(24)23-7-9-25-10-8-23/h3-6,11H,7-10,12H2,1-2H3. The summed E-state index contributed by atoms with van der Waals surface area (Å²) in [5.41, 5.74) is 1.80. The van der Waals surface area contributed by atoms with Crippen molar-refractivity contribution in [2.24, 2.45) is 0 Å². The lowest BCUT2D eigenvalue weighted by molar-refractivity contribution is 0.0303. The molecule has 0 bridgehead atoms. The van der Waals surface area contributed by atoms with Crippen molar-refractivity contribution < 1.29 is 9.53 Å². The molecule has 3 rings (SSSR count). The maximum Gasteiger partial charge on any atom is 0.254 e. The Kier molecular flexibility index (Phi) is 6.34. The molecular formula is C18H21ClN4O2S. The fraction of sp³-hybridized carbons (Fsp3) is 0.389. The van der Waals surface area contributed by atoms with Crippen LogP contribution in [0.4, 0.5) is 5.82 Å². The highest BCUT2D eigenvalue weighted by Gasteiger charge is 2.18. The number of morpholine rings is 1. The smallest absolute Gasteiger partial charge is 0.254 e. The van der Waals surface area contributed by atoms with Gasteiger partial charge in [0.1, 0.15) is 11.0 Å². The van der Waals surface area contributed by atoms with Crippen LogP contribution < -0.4 is 4.90 Å². The fourth-order valence-electron chi connectivity index (χ4n) is 2.52. The van der Waals surface area contributed by atoms with Crippen molar-refractivity contribution in [2.75, 3.05) is 45.3 Å². The summed E-state index contributed by atoms with van der Waals surface area (Å²) < 4.78 is 5.29. The third kappa shape index (κ3) is 4.87. The van der Waals surface area contributed by atoms with Crippen LogP contribution in [0, 0.1) is 0 Å². The number of carbonyl (C=O) groups excluding carboxylic acids is 1. The predicted molar refractivity (Wildman–Crippen MR) is 104 cm³/mol. The summed E-state index contributed by atoms with van der Waals surface area (Å²) in [5, 5.41) is 1.06. The number of nitrogens with zero attached hydrogens (tertiary/aromatic N) is 4. The number of amides is 1. The maximum absolute atomic E-state index is 12.5. The molecule has 0 atom stereocenters. The highest BCUT2D eigenvalue weighted by molar-refractivity contribution is 7.98. The number of rotatable bonds is 5. The number of hydrogen-bond acceptors (Lipinski definition) is 6. The Morgan fingerprint density at radius 1 is 1.23 bits per heavy atom. The summed E-state index contributed by atoms with van der Waals surface area (Å²) in [5.74, 6) is 1.54. The van der Waals surface area contributed by atoms with Gasteiger partial charge in [-0.2, -0.15) is 0 Å². The van der Waals surface area contributed by atoms with Crippen LogP contribution in [0.15, 0.2) is 35.5 Å². The maximum atomic E-state index is 12.5. The second-order valence-corrected chi connectivity index (χ2v) is 7.45. The van der Waals surface area contributed by atoms with Gasteiger partial charge in [0.25, 0.3) is 5.91 Å². The average molecular weight is 393 g/mol. The molecule has 26 heavy (non-hydrogen) atoms. The molecule has 0 radical (unpaired) electrons. The van der Waals surface area contributed by atoms with E-state index >= 15 is 0 Å². The summed E-state index contributed by atoms with van der Waals surface area (Å²) >= 11 is 7.58. The molecule has 0 unspecified atom stereocenters. The van der Waals surface area contributed by atoms with Crippen LogP contribution in [-0.2, 0) is 10.5 Å². The van der Waals surface area contributed by atoms with Crippen LogP contribution in [0.1, 0.15) is 15.9 Å². The SMILES string of the molecule is CN(C)c1cc(Cl)nc(SCc2ccc(C(=O)N3CCOCC3)cc2)n1. The summed E-state index contributed by atoms with van der Waals surface area (Å²) in [7, 11) is 3.83. The van der Waals surface area contributed by atoms with Crippen LogP contribution in [0.5, 0.6) is 0 Å². The number of ether oxygens (including phenoxy) is 1. The highest BCUT2D eigenvalue weighted by Crippen LogP contribution is 2.24. The monoisotopic (exact) mass is 392 g/mol. The summed E-state index contributed by atoms with van der Waals surface area (Å²) in [4.78, 5) is 24.9. The molecule has 1 aliphatic heterocycles. The minimum Gasteiger partial charge on any atom is -0.378 e. The van der Waals surface area contributed by atoms with E-state index in [9.17, 15) is 4.79 Å². The first-order valence-electron chi connectivity index (χ1n) is 8.33. The van der Waals surface area contributed by atoms with Crippen molar-refractivity contribution >= 4 is 35.1 Å². The molecule has 2 aromatic rings. The fourth-order valence-corrected chi connectivity index (χ4v) is 3.56. The van der Waals surface area contributed by atoms with E-state index in [4.69, 9.17) is 16.3 Å². The minimum absolute atomic E-state index is 0.0568. The van der Waals surface area contributed by atoms with E-state index in [2.05, 4.69) is 9.97 Å². The molecule has 0 spiro atoms. The van der Waals surface area contributed by atoms with E-state index in [-0.39, 0.29) is 5.91 Å². The second-order valence-electron chi connectivity index (χ2n) is 6.12. The zero-order chi connectivity index (χ0) is 18.5. The van der Waals surface area contributed by atoms with Crippen molar-refractivity contribution in [3.8, 4) is 0 Å². The number of carbonyl (C=O) groups is 1. The average Bonchev–Trinajstić information content (AvgIpc) is 2.66. The first-order valence-corrected chi connectivity index (χ1v) is 9.70. The third-order valence-electron chi connectivity index (χ3n) is 3.99. The number of thioether (sulfide) groups is 1. The predicted octanol–water partition coefficient (Wildman–Crippen LogP) is 2.96. The molecule has 0 aliphatic carbocycles. The van der Waals surface area contributed by atoms with Gasteiger partial charge in [-0.25, -0.2) is 9.97 Å². The number of hydrogen-bond donors (Lipinski definition) is 0. The number of benzene rings is 1. The molecule has 1 amide bonds. The van der Waals surface area contributed by atoms with Gasteiger partial charge in [-0.3, -0.25) is 4.79 Å². The van der Waals surface area contributed by atoms with Crippen LogP contribution in [0.2, 0.25) is 5.15 Å². The molecule has 0 saturated carbocycles. The lowest BCUT2D eigenvalue weighted by Gasteiger charge is -2.26. The Hall–Kier alpha value is -1.83. The number of aromatic nitrogens is 2. The Morgan fingerprint density at radius 3 is 2.58 bits per heavy atom. The second kappa shape index (κ2) is 8.70. The Bertz CT molecular complexity index is 764. The van der Waals surface area contributed by atoms with E-state index in [1.54, 1.807) is 6.07 Å². The zero-order valence-corrected chi connectivity index (χ0v) is 16.4. The van der Waals surface area contributed by atoms with Gasteiger partial charge >= 0.3 is 0 Å². The molecule has 1 aromatic carbocycles. The number of halogens is 1. The molecule has 8 heteroatoms. The first kappa shape index (κ1) is 18.9. The van der Waals surface area contributed by atoms with E-state index < -0.39 is 0 Å². The Morgan fingerprint density at radius 2 is 1.92 bits per heavy atom. The Balaban J connectivity index is 1.62. The van der Waals surface area contributed by atoms with Crippen molar-refractivity contribution in [3.63, 3.8) is 0 Å². The van der Waals surface area contributed by atoms with Gasteiger partial charge in [0, 0.05) is 44.6 Å². The zero-order valence-electron chi connectivity index (χ0n) is 14.8. The first-order chi connectivity index (χ1) is 12.5. The molecule has 2 heterocycles. The van der Waals surface area contributed by atoms with Crippen molar-refractivity contribution in [2.45, 2.75) is 10.9 Å². The molecule has 0 N–H and O–H groups in total. The van der Waals surface area contributed by atoms with Gasteiger partial charge in [-0.1, -0.05) is 35.5 Å². The van der Waals surface area contributed by atoms with Gasteiger partial charge < -0.3 is 14.5 Å². The van der Waals surface area contributed by atoms with E-state index in [1.807, 2.05) is 48.2 Å². The third-order valence-corrected chi connectivity index (χ3v) is 5.10. The van der Waals surface area contributed by atoms with Crippen LogP contribution in [0.25, 0.3) is 0 Å². The topological polar surface area (TPSA) is 58.6 Å². The molecule has 1 aromatic heterocycles. The quantitative estimate of drug-likeness (QED) is 0.443. The summed E-state index contributed by atoms with van der Waals surface area (Å²) in [6, 6.07) is 9.42. The lowest BCUT2D eigenvalue weighted by Crippen LogP contribution is -2.40. The van der Waals surface area contributed by atoms with Gasteiger partial charge in [0.2, 0.25) is 0 Å². The normalized spacial score (nSPS) is 14.3. The van der Waals surface area contributed by atoms with Crippen molar-refractivity contribution in [1.29, 1.82) is 0 Å². The van der Waals surface area contributed by atoms with Crippen molar-refractivity contribution in [3.05, 3.63) is 46.6 Å². The molecule has 1 aliphatic rings. The van der Waals surface area contributed by atoms with Gasteiger partial charge in [0.15, 0.2) is 5.16 Å². The van der Waals surface area contributed by atoms with E-state index in [0.29, 0.717) is 47.9 Å². The lowest BCUT2D eigenvalue weighted by atomic mass is 10.1. The molecule has 1 saturated heterocycles. The van der Waals surface area contributed by atoms with Crippen LogP contribution >= 0.6 is 23.4 Å². The largest absolute Gasteiger partial charge is 0.378 e. The Labute approximate surface area is 162 Å². The summed E-state index contributed by atoms with van der Waals surface area (Å²) in [6.07, 6.45) is 0. The molecular weight excluding hydrogens is 372 g/mol. The molecule has 138 valence electrons. The highest BCUT2D eigenvalue weighted by atomic mass is 35.5. The van der Waals surface area contributed by atoms with E-state index in [1.165, 1.54) is 11.8 Å². The van der Waals surface area contributed by atoms with Gasteiger partial charge in [-0.15, -0.1) is 0 Å². The van der Waals surface area contributed by atoms with Crippen molar-refractivity contribution in [1.82, 2.24) is 14.9 Å². The van der Waals surface area contributed by atoms with Crippen LogP contribution in [0.3, 0.4) is 0 Å². The van der Waals surface area contributed by atoms with Gasteiger partial charge in [-0.05, 0) is 17.7 Å². The van der Waals surface area contributed by atoms with Gasteiger partial charge in [0.05, 0.1) is 13.2 Å². The molecule has 1 fully saturated rings.